The van der Waals surface area contributed by atoms with Crippen LogP contribution in [0.25, 0.3) is 0 Å². The Morgan fingerprint density at radius 2 is 2.16 bits per heavy atom. The molecule has 0 fully saturated rings. The maximum Gasteiger partial charge on any atom is 0.277 e. The first kappa shape index (κ1) is 13.5. The average Bonchev–Trinajstić information content (AvgIpc) is 2.79. The van der Waals surface area contributed by atoms with Gasteiger partial charge in [0.05, 0.1) is 4.90 Å². The summed E-state index contributed by atoms with van der Waals surface area (Å²) in [5.41, 5.74) is 0.367. The molecule has 1 aromatic heterocycles. The van der Waals surface area contributed by atoms with Crippen LogP contribution in [-0.4, -0.2) is 18.6 Å². The van der Waals surface area contributed by atoms with Gasteiger partial charge in [-0.1, -0.05) is 13.0 Å². The van der Waals surface area contributed by atoms with Gasteiger partial charge in [0.25, 0.3) is 16.0 Å². The first-order chi connectivity index (χ1) is 8.92. The smallest absolute Gasteiger partial charge is 0.277 e. The number of hydrogen-bond donors (Lipinski definition) is 1. The van der Waals surface area contributed by atoms with Gasteiger partial charge in [-0.05, 0) is 29.8 Å². The highest BCUT2D eigenvalue weighted by Crippen LogP contribution is 2.17. The molecule has 1 aromatic carbocycles. The molecule has 1 heterocycles. The Labute approximate surface area is 109 Å². The highest BCUT2D eigenvalue weighted by Gasteiger charge is 2.18. The number of nitrogens with zero attached hydrogens (tertiary/aromatic N) is 2. The zero-order valence-electron chi connectivity index (χ0n) is 10.3. The number of sulfonamides is 1. The van der Waals surface area contributed by atoms with Crippen molar-refractivity contribution in [3.63, 3.8) is 0 Å². The minimum Gasteiger partial charge on any atom is -0.337 e. The summed E-state index contributed by atoms with van der Waals surface area (Å²) in [5.74, 6) is -0.448. The van der Waals surface area contributed by atoms with Crippen LogP contribution in [0.5, 0.6) is 0 Å². The number of rotatable bonds is 4. The quantitative estimate of drug-likeness (QED) is 0.927. The van der Waals surface area contributed by atoms with E-state index in [0.29, 0.717) is 17.9 Å². The molecule has 0 saturated carbocycles. The second kappa shape index (κ2) is 4.96. The molecule has 0 aliphatic carbocycles. The normalized spacial score (nSPS) is 11.5. The van der Waals surface area contributed by atoms with Crippen molar-refractivity contribution in [1.29, 1.82) is 0 Å². The van der Waals surface area contributed by atoms with Crippen LogP contribution in [0.2, 0.25) is 0 Å². The van der Waals surface area contributed by atoms with Gasteiger partial charge in [0.1, 0.15) is 5.82 Å². The van der Waals surface area contributed by atoms with E-state index in [4.69, 9.17) is 4.52 Å². The molecule has 0 aliphatic heterocycles. The van der Waals surface area contributed by atoms with E-state index in [-0.39, 0.29) is 10.8 Å². The van der Waals surface area contributed by atoms with E-state index in [1.807, 2.05) is 0 Å². The molecule has 0 aliphatic rings. The van der Waals surface area contributed by atoms with Gasteiger partial charge in [-0.15, -0.1) is 0 Å². The standard InChI is InChI=1S/C11H12FN3O3S/c1-3-10-13-11(14-18-10)15-19(16,17)8-5-4-7(2)9(12)6-8/h4-6H,3H2,1-2H3,(H,14,15). The first-order valence-corrected chi connectivity index (χ1v) is 7.02. The van der Waals surface area contributed by atoms with Gasteiger partial charge < -0.3 is 4.52 Å². The summed E-state index contributed by atoms with van der Waals surface area (Å²) in [5, 5.41) is 3.47. The Morgan fingerprint density at radius 3 is 2.74 bits per heavy atom. The molecule has 1 N–H and O–H groups in total. The Balaban J connectivity index is 2.29. The second-order valence-electron chi connectivity index (χ2n) is 3.88. The van der Waals surface area contributed by atoms with E-state index >= 15 is 0 Å². The number of hydrogen-bond acceptors (Lipinski definition) is 5. The van der Waals surface area contributed by atoms with Crippen molar-refractivity contribution < 1.29 is 17.3 Å². The molecule has 0 amide bonds. The Hall–Kier alpha value is -1.96. The number of anilines is 1. The molecule has 6 nitrogen and oxygen atoms in total. The summed E-state index contributed by atoms with van der Waals surface area (Å²) in [7, 11) is -3.92. The van der Waals surface area contributed by atoms with Gasteiger partial charge in [-0.3, -0.25) is 0 Å². The van der Waals surface area contributed by atoms with Crippen molar-refractivity contribution in [3.05, 3.63) is 35.5 Å². The van der Waals surface area contributed by atoms with Gasteiger partial charge in [0, 0.05) is 6.42 Å². The molecule has 19 heavy (non-hydrogen) atoms. The number of nitrogens with one attached hydrogen (secondary N) is 1. The van der Waals surface area contributed by atoms with Crippen LogP contribution in [0.1, 0.15) is 18.4 Å². The summed E-state index contributed by atoms with van der Waals surface area (Å²) in [6, 6.07) is 3.64. The third kappa shape index (κ3) is 2.90. The van der Waals surface area contributed by atoms with Gasteiger partial charge in [-0.25, -0.2) is 17.5 Å². The van der Waals surface area contributed by atoms with Crippen molar-refractivity contribution in [2.75, 3.05) is 4.72 Å². The second-order valence-corrected chi connectivity index (χ2v) is 5.56. The summed E-state index contributed by atoms with van der Waals surface area (Å²) in [6.45, 7) is 3.34. The lowest BCUT2D eigenvalue weighted by Gasteiger charge is -2.05. The van der Waals surface area contributed by atoms with Crippen LogP contribution >= 0.6 is 0 Å². The molecule has 8 heteroatoms. The summed E-state index contributed by atoms with van der Waals surface area (Å²) < 4.78 is 44.2. The van der Waals surface area contributed by atoms with E-state index in [1.165, 1.54) is 12.1 Å². The monoisotopic (exact) mass is 285 g/mol. The topological polar surface area (TPSA) is 85.1 Å². The Bertz CT molecular complexity index is 697. The van der Waals surface area contributed by atoms with E-state index in [9.17, 15) is 12.8 Å². The zero-order valence-corrected chi connectivity index (χ0v) is 11.2. The minimum absolute atomic E-state index is 0.169. The van der Waals surface area contributed by atoms with Crippen LogP contribution in [0.4, 0.5) is 10.3 Å². The molecule has 0 saturated heterocycles. The molecule has 0 radical (unpaired) electrons. The third-order valence-corrected chi connectivity index (χ3v) is 3.78. The number of aromatic nitrogens is 2. The minimum atomic E-state index is -3.92. The maximum atomic E-state index is 13.4. The molecule has 102 valence electrons. The fourth-order valence-electron chi connectivity index (χ4n) is 1.36. The summed E-state index contributed by atoms with van der Waals surface area (Å²) in [6.07, 6.45) is 0.494. The van der Waals surface area contributed by atoms with E-state index in [2.05, 4.69) is 14.9 Å². The third-order valence-electron chi connectivity index (χ3n) is 2.45. The molecular formula is C11H12FN3O3S. The predicted octanol–water partition coefficient (Wildman–Crippen LogP) is 1.88. The fraction of sp³-hybridized carbons (Fsp3) is 0.273. The first-order valence-electron chi connectivity index (χ1n) is 5.54. The summed E-state index contributed by atoms with van der Waals surface area (Å²) >= 11 is 0. The SMILES string of the molecule is CCc1nc(NS(=O)(=O)c2ccc(C)c(F)c2)no1. The van der Waals surface area contributed by atoms with Gasteiger partial charge in [0.15, 0.2) is 0 Å². The van der Waals surface area contributed by atoms with Crippen molar-refractivity contribution in [2.24, 2.45) is 0 Å². The maximum absolute atomic E-state index is 13.4. The Kier molecular flexibility index (Phi) is 3.52. The van der Waals surface area contributed by atoms with Crippen LogP contribution in [0.3, 0.4) is 0 Å². The van der Waals surface area contributed by atoms with Crippen molar-refractivity contribution in [1.82, 2.24) is 10.1 Å². The fourth-order valence-corrected chi connectivity index (χ4v) is 2.31. The van der Waals surface area contributed by atoms with E-state index < -0.39 is 15.8 Å². The molecule has 0 spiro atoms. The van der Waals surface area contributed by atoms with E-state index in [1.54, 1.807) is 13.8 Å². The molecule has 0 bridgehead atoms. The van der Waals surface area contributed by atoms with Crippen molar-refractivity contribution in [3.8, 4) is 0 Å². The van der Waals surface area contributed by atoms with E-state index in [0.717, 1.165) is 6.07 Å². The number of halogens is 1. The van der Waals surface area contributed by atoms with Crippen molar-refractivity contribution >= 4 is 16.0 Å². The highest BCUT2D eigenvalue weighted by molar-refractivity contribution is 7.92. The lowest BCUT2D eigenvalue weighted by molar-refractivity contribution is 0.383. The molecule has 2 rings (SSSR count). The van der Waals surface area contributed by atoms with Crippen LogP contribution in [0, 0.1) is 12.7 Å². The summed E-state index contributed by atoms with van der Waals surface area (Å²) in [4.78, 5) is 3.62. The molecular weight excluding hydrogens is 273 g/mol. The molecule has 0 unspecified atom stereocenters. The predicted molar refractivity (Wildman–Crippen MR) is 65.6 cm³/mol. The lowest BCUT2D eigenvalue weighted by Crippen LogP contribution is -2.14. The molecule has 0 atom stereocenters. The van der Waals surface area contributed by atoms with Crippen LogP contribution in [-0.2, 0) is 16.4 Å². The number of aryl methyl sites for hydroxylation is 2. The van der Waals surface area contributed by atoms with Gasteiger partial charge in [0.2, 0.25) is 5.89 Å². The lowest BCUT2D eigenvalue weighted by atomic mass is 10.2. The largest absolute Gasteiger partial charge is 0.337 e. The van der Waals surface area contributed by atoms with Crippen molar-refractivity contribution in [2.45, 2.75) is 25.2 Å². The van der Waals surface area contributed by atoms with Gasteiger partial charge in [-0.2, -0.15) is 4.98 Å². The number of benzene rings is 1. The zero-order chi connectivity index (χ0) is 14.0. The Morgan fingerprint density at radius 1 is 1.42 bits per heavy atom. The highest BCUT2D eigenvalue weighted by atomic mass is 32.2. The molecule has 2 aromatic rings. The van der Waals surface area contributed by atoms with Gasteiger partial charge >= 0.3 is 0 Å². The van der Waals surface area contributed by atoms with Crippen LogP contribution in [0.15, 0.2) is 27.6 Å². The van der Waals surface area contributed by atoms with Crippen LogP contribution < -0.4 is 4.72 Å². The average molecular weight is 285 g/mol.